The quantitative estimate of drug-likeness (QED) is 0.725. The van der Waals surface area contributed by atoms with Crippen LogP contribution >= 0.6 is 11.6 Å². The maximum absolute atomic E-state index is 5.97. The van der Waals surface area contributed by atoms with E-state index < -0.39 is 0 Å². The number of piperidine rings is 1. The lowest BCUT2D eigenvalue weighted by molar-refractivity contribution is 0.572. The predicted octanol–water partition coefficient (Wildman–Crippen LogP) is 2.68. The number of hydrogen-bond donors (Lipinski definition) is 0. The molecule has 1 aromatic heterocycles. The monoisotopic (exact) mass is 225 g/mol. The van der Waals surface area contributed by atoms with E-state index in [1.807, 2.05) is 13.0 Å². The van der Waals surface area contributed by atoms with Crippen LogP contribution in [0.3, 0.4) is 0 Å². The molecule has 0 atom stereocenters. The second kappa shape index (κ2) is 4.79. The highest BCUT2D eigenvalue weighted by atomic mass is 35.5. The lowest BCUT2D eigenvalue weighted by atomic mass is 10.1. The van der Waals surface area contributed by atoms with Crippen LogP contribution < -0.4 is 4.90 Å². The minimum atomic E-state index is 0.558. The minimum Gasteiger partial charge on any atom is -0.356 e. The molecule has 3 nitrogen and oxygen atoms in total. The Morgan fingerprint density at radius 1 is 1.27 bits per heavy atom. The third-order valence-corrected chi connectivity index (χ3v) is 2.92. The van der Waals surface area contributed by atoms with Crippen molar-refractivity contribution in [3.63, 3.8) is 0 Å². The molecule has 0 N–H and O–H groups in total. The maximum atomic E-state index is 5.97. The van der Waals surface area contributed by atoms with Crippen LogP contribution in [0.25, 0.3) is 0 Å². The zero-order valence-electron chi connectivity index (χ0n) is 9.04. The van der Waals surface area contributed by atoms with Crippen molar-refractivity contribution in [3.05, 3.63) is 17.0 Å². The van der Waals surface area contributed by atoms with E-state index in [9.17, 15) is 0 Å². The highest BCUT2D eigenvalue weighted by Gasteiger charge is 2.13. The first-order chi connectivity index (χ1) is 7.29. The summed E-state index contributed by atoms with van der Waals surface area (Å²) in [6.07, 6.45) is 4.67. The average molecular weight is 226 g/mol. The molecule has 2 rings (SSSR count). The van der Waals surface area contributed by atoms with Gasteiger partial charge in [0.15, 0.2) is 0 Å². The van der Waals surface area contributed by atoms with Crippen molar-refractivity contribution >= 4 is 17.4 Å². The molecule has 0 spiro atoms. The molecule has 1 aromatic rings. The number of hydrogen-bond acceptors (Lipinski definition) is 3. The Bertz CT molecular complexity index is 335. The van der Waals surface area contributed by atoms with Gasteiger partial charge in [-0.3, -0.25) is 0 Å². The molecule has 0 aliphatic carbocycles. The molecule has 0 radical (unpaired) electrons. The zero-order chi connectivity index (χ0) is 10.7. The third-order valence-electron chi connectivity index (χ3n) is 2.72. The Morgan fingerprint density at radius 3 is 2.67 bits per heavy atom. The van der Waals surface area contributed by atoms with E-state index in [2.05, 4.69) is 14.9 Å². The van der Waals surface area contributed by atoms with Crippen molar-refractivity contribution in [1.82, 2.24) is 9.97 Å². The molecule has 1 fully saturated rings. The Labute approximate surface area is 95.5 Å². The molecule has 82 valence electrons. The van der Waals surface area contributed by atoms with Gasteiger partial charge in [0.2, 0.25) is 0 Å². The summed E-state index contributed by atoms with van der Waals surface area (Å²) in [7, 11) is 0. The molecular weight excluding hydrogens is 210 g/mol. The zero-order valence-corrected chi connectivity index (χ0v) is 9.80. The number of aromatic nitrogens is 2. The van der Waals surface area contributed by atoms with Crippen molar-refractivity contribution in [2.75, 3.05) is 18.0 Å². The maximum Gasteiger partial charge on any atom is 0.134 e. The molecule has 1 aliphatic rings. The number of rotatable bonds is 2. The van der Waals surface area contributed by atoms with E-state index in [-0.39, 0.29) is 0 Å². The van der Waals surface area contributed by atoms with Gasteiger partial charge >= 0.3 is 0 Å². The summed E-state index contributed by atoms with van der Waals surface area (Å²) in [5, 5.41) is 0.558. The summed E-state index contributed by atoms with van der Waals surface area (Å²) in [5.41, 5.74) is 0. The second-order valence-corrected chi connectivity index (χ2v) is 4.25. The van der Waals surface area contributed by atoms with Gasteiger partial charge in [0.05, 0.1) is 0 Å². The van der Waals surface area contributed by atoms with Crippen molar-refractivity contribution in [3.8, 4) is 0 Å². The van der Waals surface area contributed by atoms with Gasteiger partial charge in [0.25, 0.3) is 0 Å². The summed E-state index contributed by atoms with van der Waals surface area (Å²) < 4.78 is 0. The van der Waals surface area contributed by atoms with Crippen molar-refractivity contribution < 1.29 is 0 Å². The first-order valence-corrected chi connectivity index (χ1v) is 5.96. The third kappa shape index (κ3) is 2.59. The lowest BCUT2D eigenvalue weighted by Gasteiger charge is -2.27. The fourth-order valence-corrected chi connectivity index (χ4v) is 2.09. The molecule has 0 bridgehead atoms. The van der Waals surface area contributed by atoms with Crippen molar-refractivity contribution in [1.29, 1.82) is 0 Å². The second-order valence-electron chi connectivity index (χ2n) is 3.87. The van der Waals surface area contributed by atoms with E-state index in [4.69, 9.17) is 11.6 Å². The van der Waals surface area contributed by atoms with Gasteiger partial charge in [-0.1, -0.05) is 18.5 Å². The summed E-state index contributed by atoms with van der Waals surface area (Å²) in [6, 6.07) is 1.87. The van der Waals surface area contributed by atoms with Crippen LogP contribution in [0.1, 0.15) is 32.0 Å². The normalized spacial score (nSPS) is 16.8. The molecule has 1 saturated heterocycles. The summed E-state index contributed by atoms with van der Waals surface area (Å²) in [6.45, 7) is 4.23. The van der Waals surface area contributed by atoms with Gasteiger partial charge in [-0.15, -0.1) is 0 Å². The van der Waals surface area contributed by atoms with Crippen LogP contribution in [0, 0.1) is 0 Å². The van der Waals surface area contributed by atoms with Crippen LogP contribution in [0.4, 0.5) is 5.82 Å². The number of aryl methyl sites for hydroxylation is 1. The van der Waals surface area contributed by atoms with Gasteiger partial charge in [0.1, 0.15) is 16.8 Å². The molecule has 0 saturated carbocycles. The highest BCUT2D eigenvalue weighted by Crippen LogP contribution is 2.20. The molecule has 4 heteroatoms. The molecular formula is C11H16ClN3. The fraction of sp³-hybridized carbons (Fsp3) is 0.636. The Kier molecular flexibility index (Phi) is 3.41. The fourth-order valence-electron chi connectivity index (χ4n) is 1.89. The van der Waals surface area contributed by atoms with Crippen LogP contribution in [0.2, 0.25) is 5.15 Å². The molecule has 0 amide bonds. The van der Waals surface area contributed by atoms with Gasteiger partial charge in [-0.25, -0.2) is 9.97 Å². The van der Waals surface area contributed by atoms with Crippen LogP contribution in [0.5, 0.6) is 0 Å². The summed E-state index contributed by atoms with van der Waals surface area (Å²) in [4.78, 5) is 11.0. The van der Waals surface area contributed by atoms with E-state index in [0.717, 1.165) is 31.2 Å². The van der Waals surface area contributed by atoms with E-state index >= 15 is 0 Å². The minimum absolute atomic E-state index is 0.558. The van der Waals surface area contributed by atoms with Crippen molar-refractivity contribution in [2.45, 2.75) is 32.6 Å². The van der Waals surface area contributed by atoms with E-state index in [1.165, 1.54) is 19.3 Å². The molecule has 0 aromatic carbocycles. The molecule has 0 unspecified atom stereocenters. The van der Waals surface area contributed by atoms with Crippen molar-refractivity contribution in [2.24, 2.45) is 0 Å². The van der Waals surface area contributed by atoms with Gasteiger partial charge in [0, 0.05) is 25.6 Å². The SMILES string of the molecule is CCc1nc(Cl)cc(N2CCCCC2)n1. The first-order valence-electron chi connectivity index (χ1n) is 5.58. The summed E-state index contributed by atoms with van der Waals surface area (Å²) in [5.74, 6) is 1.83. The van der Waals surface area contributed by atoms with Crippen LogP contribution in [-0.2, 0) is 6.42 Å². The van der Waals surface area contributed by atoms with E-state index in [1.54, 1.807) is 0 Å². The number of halogens is 1. The lowest BCUT2D eigenvalue weighted by Crippen LogP contribution is -2.30. The first kappa shape index (κ1) is 10.7. The van der Waals surface area contributed by atoms with E-state index in [0.29, 0.717) is 5.15 Å². The molecule has 15 heavy (non-hydrogen) atoms. The summed E-state index contributed by atoms with van der Waals surface area (Å²) >= 11 is 5.97. The topological polar surface area (TPSA) is 29.0 Å². The molecule has 2 heterocycles. The average Bonchev–Trinajstić information content (AvgIpc) is 2.29. The van der Waals surface area contributed by atoms with Crippen LogP contribution in [0.15, 0.2) is 6.07 Å². The standard InChI is InChI=1S/C11H16ClN3/c1-2-10-13-9(12)8-11(14-10)15-6-4-3-5-7-15/h8H,2-7H2,1H3. The number of nitrogens with zero attached hydrogens (tertiary/aromatic N) is 3. The van der Waals surface area contributed by atoms with Gasteiger partial charge < -0.3 is 4.90 Å². The molecule has 1 aliphatic heterocycles. The van der Waals surface area contributed by atoms with Crippen LogP contribution in [-0.4, -0.2) is 23.1 Å². The van der Waals surface area contributed by atoms with Gasteiger partial charge in [-0.05, 0) is 19.3 Å². The number of anilines is 1. The Morgan fingerprint density at radius 2 is 2.00 bits per heavy atom. The largest absolute Gasteiger partial charge is 0.356 e. The smallest absolute Gasteiger partial charge is 0.134 e. The van der Waals surface area contributed by atoms with Gasteiger partial charge in [-0.2, -0.15) is 0 Å². The predicted molar refractivity (Wildman–Crippen MR) is 62.5 cm³/mol. The Balaban J connectivity index is 2.22. The Hall–Kier alpha value is -0.830. The highest BCUT2D eigenvalue weighted by molar-refractivity contribution is 6.29.